The van der Waals surface area contributed by atoms with Gasteiger partial charge in [0.2, 0.25) is 0 Å². The zero-order valence-electron chi connectivity index (χ0n) is 10.8. The molecule has 0 aromatic heterocycles. The van der Waals surface area contributed by atoms with Crippen molar-refractivity contribution in [2.75, 3.05) is 12.9 Å². The van der Waals surface area contributed by atoms with Crippen LogP contribution in [0.4, 0.5) is 5.69 Å². The Morgan fingerprint density at radius 3 is 2.53 bits per heavy atom. The maximum Gasteiger partial charge on any atom is 0.283 e. The summed E-state index contributed by atoms with van der Waals surface area (Å²) in [5.41, 5.74) is -1.06. The predicted molar refractivity (Wildman–Crippen MR) is 75.0 cm³/mol. The van der Waals surface area contributed by atoms with E-state index in [2.05, 4.69) is 0 Å². The van der Waals surface area contributed by atoms with Gasteiger partial charge in [0.05, 0.1) is 15.5 Å². The molecule has 1 aromatic carbocycles. The van der Waals surface area contributed by atoms with Crippen LogP contribution < -0.4 is 0 Å². The Morgan fingerprint density at radius 1 is 1.47 bits per heavy atom. The summed E-state index contributed by atoms with van der Waals surface area (Å²) in [7, 11) is 1.54. The van der Waals surface area contributed by atoms with E-state index in [4.69, 9.17) is 23.2 Å². The van der Waals surface area contributed by atoms with Crippen LogP contribution in [0.3, 0.4) is 0 Å². The molecule has 0 heterocycles. The third-order valence-electron chi connectivity index (χ3n) is 2.94. The molecule has 0 N–H and O–H groups in total. The Morgan fingerprint density at radius 2 is 2.05 bits per heavy atom. The number of benzene rings is 1. The molecule has 1 amide bonds. The zero-order valence-corrected chi connectivity index (χ0v) is 12.3. The van der Waals surface area contributed by atoms with Gasteiger partial charge in [-0.05, 0) is 19.9 Å². The fraction of sp³-hybridized carbons (Fsp3) is 0.417. The largest absolute Gasteiger partial charge is 0.335 e. The summed E-state index contributed by atoms with van der Waals surface area (Å²) in [6.07, 6.45) is 0. The molecule has 0 unspecified atom stereocenters. The van der Waals surface area contributed by atoms with Crippen LogP contribution in [0.2, 0.25) is 5.02 Å². The third kappa shape index (κ3) is 3.16. The SMILES string of the molecule is CN(C(=O)c1c(Cl)cccc1[N+](=O)[O-])C(C)(C)CCl. The first-order chi connectivity index (χ1) is 8.72. The molecule has 0 bridgehead atoms. The van der Waals surface area contributed by atoms with Crippen molar-refractivity contribution in [3.8, 4) is 0 Å². The van der Waals surface area contributed by atoms with Crippen LogP contribution in [0.5, 0.6) is 0 Å². The lowest BCUT2D eigenvalue weighted by Gasteiger charge is -2.33. The first-order valence-corrected chi connectivity index (χ1v) is 6.40. The molecule has 19 heavy (non-hydrogen) atoms. The van der Waals surface area contributed by atoms with Crippen molar-refractivity contribution in [3.05, 3.63) is 38.9 Å². The molecule has 0 aliphatic heterocycles. The number of hydrogen-bond acceptors (Lipinski definition) is 3. The van der Waals surface area contributed by atoms with Crippen LogP contribution >= 0.6 is 23.2 Å². The maximum atomic E-state index is 12.4. The molecule has 0 atom stereocenters. The Bertz CT molecular complexity index is 518. The predicted octanol–water partition coefficient (Wildman–Crippen LogP) is 3.34. The van der Waals surface area contributed by atoms with E-state index in [1.165, 1.54) is 30.1 Å². The van der Waals surface area contributed by atoms with Gasteiger partial charge in [0.1, 0.15) is 5.56 Å². The number of nitro benzene ring substituents is 1. The number of amides is 1. The van der Waals surface area contributed by atoms with Crippen molar-refractivity contribution < 1.29 is 9.72 Å². The van der Waals surface area contributed by atoms with Gasteiger partial charge < -0.3 is 4.90 Å². The van der Waals surface area contributed by atoms with Crippen molar-refractivity contribution in [2.24, 2.45) is 0 Å². The fourth-order valence-corrected chi connectivity index (χ4v) is 1.84. The minimum absolute atomic E-state index is 0.0522. The minimum Gasteiger partial charge on any atom is -0.335 e. The number of carbonyl (C=O) groups is 1. The van der Waals surface area contributed by atoms with Gasteiger partial charge in [0.25, 0.3) is 11.6 Å². The van der Waals surface area contributed by atoms with E-state index < -0.39 is 16.4 Å². The van der Waals surface area contributed by atoms with E-state index in [1.54, 1.807) is 13.8 Å². The van der Waals surface area contributed by atoms with E-state index in [0.29, 0.717) is 0 Å². The summed E-state index contributed by atoms with van der Waals surface area (Å²) in [6, 6.07) is 4.13. The molecular weight excluding hydrogens is 291 g/mol. The molecule has 0 saturated carbocycles. The quantitative estimate of drug-likeness (QED) is 0.487. The molecule has 0 aliphatic carbocycles. The van der Waals surface area contributed by atoms with Gasteiger partial charge in [0.15, 0.2) is 0 Å². The topological polar surface area (TPSA) is 63.5 Å². The summed E-state index contributed by atoms with van der Waals surface area (Å²) >= 11 is 11.7. The highest BCUT2D eigenvalue weighted by Crippen LogP contribution is 2.29. The number of carbonyl (C=O) groups excluding carboxylic acids is 1. The van der Waals surface area contributed by atoms with Crippen molar-refractivity contribution >= 4 is 34.8 Å². The Labute approximate surface area is 121 Å². The first kappa shape index (κ1) is 15.7. The highest BCUT2D eigenvalue weighted by Gasteiger charge is 2.32. The standard InChI is InChI=1S/C12H14Cl2N2O3/c1-12(2,7-13)15(3)11(17)10-8(14)5-4-6-9(10)16(18)19/h4-6H,7H2,1-3H3. The van der Waals surface area contributed by atoms with Gasteiger partial charge in [-0.15, -0.1) is 11.6 Å². The van der Waals surface area contributed by atoms with Gasteiger partial charge >= 0.3 is 0 Å². The average molecular weight is 305 g/mol. The molecule has 0 saturated heterocycles. The van der Waals surface area contributed by atoms with Crippen molar-refractivity contribution in [3.63, 3.8) is 0 Å². The van der Waals surface area contributed by atoms with Crippen LogP contribution in [-0.4, -0.2) is 34.2 Å². The van der Waals surface area contributed by atoms with Crippen LogP contribution in [0.25, 0.3) is 0 Å². The van der Waals surface area contributed by atoms with Crippen LogP contribution in [0.1, 0.15) is 24.2 Å². The van der Waals surface area contributed by atoms with Crippen molar-refractivity contribution in [1.82, 2.24) is 4.90 Å². The lowest BCUT2D eigenvalue weighted by Crippen LogP contribution is -2.46. The number of halogens is 2. The molecule has 104 valence electrons. The van der Waals surface area contributed by atoms with E-state index in [9.17, 15) is 14.9 Å². The van der Waals surface area contributed by atoms with Gasteiger partial charge in [-0.25, -0.2) is 0 Å². The zero-order chi connectivity index (χ0) is 14.8. The van der Waals surface area contributed by atoms with Crippen LogP contribution in [0, 0.1) is 10.1 Å². The molecule has 7 heteroatoms. The van der Waals surface area contributed by atoms with Crippen molar-refractivity contribution in [1.29, 1.82) is 0 Å². The van der Waals surface area contributed by atoms with E-state index in [-0.39, 0.29) is 22.2 Å². The lowest BCUT2D eigenvalue weighted by molar-refractivity contribution is -0.385. The number of rotatable bonds is 4. The molecule has 0 spiro atoms. The molecular formula is C12H14Cl2N2O3. The molecule has 0 radical (unpaired) electrons. The molecule has 0 fully saturated rings. The van der Waals surface area contributed by atoms with Gasteiger partial charge in [-0.2, -0.15) is 0 Å². The van der Waals surface area contributed by atoms with E-state index in [1.807, 2.05) is 0 Å². The van der Waals surface area contributed by atoms with Gasteiger partial charge in [-0.3, -0.25) is 14.9 Å². The summed E-state index contributed by atoms with van der Waals surface area (Å²) in [6.45, 7) is 3.53. The van der Waals surface area contributed by atoms with E-state index in [0.717, 1.165) is 0 Å². The Balaban J connectivity index is 3.31. The fourth-order valence-electron chi connectivity index (χ4n) is 1.41. The summed E-state index contributed by atoms with van der Waals surface area (Å²) in [5.74, 6) is -0.323. The van der Waals surface area contributed by atoms with Gasteiger partial charge in [0, 0.05) is 19.0 Å². The first-order valence-electron chi connectivity index (χ1n) is 5.49. The van der Waals surface area contributed by atoms with Crippen molar-refractivity contribution in [2.45, 2.75) is 19.4 Å². The number of nitrogens with zero attached hydrogens (tertiary/aromatic N) is 2. The third-order valence-corrected chi connectivity index (χ3v) is 3.91. The summed E-state index contributed by atoms with van der Waals surface area (Å²) in [4.78, 5) is 24.1. The lowest BCUT2D eigenvalue weighted by atomic mass is 10.0. The second-order valence-electron chi connectivity index (χ2n) is 4.70. The van der Waals surface area contributed by atoms with Crippen LogP contribution in [0.15, 0.2) is 18.2 Å². The van der Waals surface area contributed by atoms with Gasteiger partial charge in [-0.1, -0.05) is 17.7 Å². The normalized spacial score (nSPS) is 11.2. The Hall–Kier alpha value is -1.33. The number of alkyl halides is 1. The second-order valence-corrected chi connectivity index (χ2v) is 5.38. The minimum atomic E-state index is -0.633. The number of hydrogen-bond donors (Lipinski definition) is 0. The number of nitro groups is 1. The second kappa shape index (κ2) is 5.75. The Kier molecular flexibility index (Phi) is 4.76. The molecule has 5 nitrogen and oxygen atoms in total. The monoisotopic (exact) mass is 304 g/mol. The highest BCUT2D eigenvalue weighted by molar-refractivity contribution is 6.34. The molecule has 1 rings (SSSR count). The smallest absolute Gasteiger partial charge is 0.283 e. The maximum absolute atomic E-state index is 12.4. The summed E-state index contributed by atoms with van der Waals surface area (Å²) in [5, 5.41) is 11.0. The average Bonchev–Trinajstić information content (AvgIpc) is 2.36. The van der Waals surface area contributed by atoms with Crippen LogP contribution in [-0.2, 0) is 0 Å². The molecule has 1 aromatic rings. The molecule has 0 aliphatic rings. The highest BCUT2D eigenvalue weighted by atomic mass is 35.5. The van der Waals surface area contributed by atoms with E-state index >= 15 is 0 Å². The summed E-state index contributed by atoms with van der Waals surface area (Å²) < 4.78 is 0.